The molecular weight excluding hydrogens is 242 g/mol. The van der Waals surface area contributed by atoms with Gasteiger partial charge in [-0.3, -0.25) is 4.98 Å². The number of pyridine rings is 1. The summed E-state index contributed by atoms with van der Waals surface area (Å²) in [7, 11) is 1.76. The van der Waals surface area contributed by atoms with E-state index in [4.69, 9.17) is 4.74 Å². The predicted octanol–water partition coefficient (Wildman–Crippen LogP) is 2.07. The first-order valence-electron chi connectivity index (χ1n) is 6.11. The molecule has 2 rings (SSSR count). The van der Waals surface area contributed by atoms with Crippen molar-refractivity contribution >= 4 is 5.95 Å². The molecule has 2 aromatic heterocycles. The summed E-state index contributed by atoms with van der Waals surface area (Å²) in [5.41, 5.74) is 1.92. The molecule has 0 fully saturated rings. The van der Waals surface area contributed by atoms with Crippen molar-refractivity contribution in [2.75, 3.05) is 12.4 Å². The van der Waals surface area contributed by atoms with Crippen molar-refractivity contribution in [3.05, 3.63) is 24.0 Å². The van der Waals surface area contributed by atoms with Gasteiger partial charge in [0.2, 0.25) is 5.95 Å². The van der Waals surface area contributed by atoms with Gasteiger partial charge in [0.05, 0.1) is 6.10 Å². The van der Waals surface area contributed by atoms with Crippen LogP contribution in [0.25, 0.3) is 11.4 Å². The van der Waals surface area contributed by atoms with Crippen LogP contribution in [0.15, 0.2) is 18.5 Å². The number of nitrogens with one attached hydrogen (secondary N) is 1. The zero-order valence-corrected chi connectivity index (χ0v) is 11.5. The van der Waals surface area contributed by atoms with Gasteiger partial charge in [-0.2, -0.15) is 15.0 Å². The summed E-state index contributed by atoms with van der Waals surface area (Å²) in [5, 5.41) is 2.91. The molecule has 0 spiro atoms. The third-order valence-electron chi connectivity index (χ3n) is 2.46. The lowest BCUT2D eigenvalue weighted by Crippen LogP contribution is -2.11. The van der Waals surface area contributed by atoms with Gasteiger partial charge in [-0.1, -0.05) is 0 Å². The molecule has 0 amide bonds. The Morgan fingerprint density at radius 1 is 1.21 bits per heavy atom. The molecule has 2 heterocycles. The van der Waals surface area contributed by atoms with Crippen LogP contribution in [0.4, 0.5) is 5.95 Å². The normalized spacial score (nSPS) is 10.6. The largest absolute Gasteiger partial charge is 0.461 e. The van der Waals surface area contributed by atoms with Gasteiger partial charge >= 0.3 is 6.01 Å². The van der Waals surface area contributed by atoms with E-state index < -0.39 is 0 Å². The van der Waals surface area contributed by atoms with Gasteiger partial charge in [-0.05, 0) is 32.4 Å². The van der Waals surface area contributed by atoms with Crippen molar-refractivity contribution in [1.29, 1.82) is 0 Å². The number of nitrogens with zero attached hydrogens (tertiary/aromatic N) is 4. The quantitative estimate of drug-likeness (QED) is 0.906. The van der Waals surface area contributed by atoms with Crippen molar-refractivity contribution in [2.24, 2.45) is 0 Å². The molecule has 0 aliphatic heterocycles. The Morgan fingerprint density at radius 3 is 2.63 bits per heavy atom. The highest BCUT2D eigenvalue weighted by atomic mass is 16.5. The third kappa shape index (κ3) is 3.15. The zero-order chi connectivity index (χ0) is 13.8. The van der Waals surface area contributed by atoms with Crippen molar-refractivity contribution in [3.63, 3.8) is 0 Å². The van der Waals surface area contributed by atoms with E-state index in [0.29, 0.717) is 17.8 Å². The number of aryl methyl sites for hydroxylation is 1. The summed E-state index contributed by atoms with van der Waals surface area (Å²) in [6.45, 7) is 5.85. The Kier molecular flexibility index (Phi) is 3.89. The summed E-state index contributed by atoms with van der Waals surface area (Å²) in [6.07, 6.45) is 3.49. The lowest BCUT2D eigenvalue weighted by atomic mass is 10.1. The molecule has 0 aliphatic rings. The standard InChI is InChI=1S/C13H17N5O/c1-8(2)19-13-17-11(16-12(14-4)18-13)10-7-15-6-5-9(10)3/h5-8H,1-4H3,(H,14,16,17,18). The van der Waals surface area contributed by atoms with Crippen molar-refractivity contribution < 1.29 is 4.74 Å². The SMILES string of the molecule is CNc1nc(OC(C)C)nc(-c2cnccc2C)n1. The second-order valence-electron chi connectivity index (χ2n) is 4.37. The van der Waals surface area contributed by atoms with E-state index >= 15 is 0 Å². The van der Waals surface area contributed by atoms with E-state index in [1.54, 1.807) is 19.4 Å². The number of rotatable bonds is 4. The first kappa shape index (κ1) is 13.2. The average Bonchev–Trinajstić information content (AvgIpc) is 2.38. The van der Waals surface area contributed by atoms with Crippen molar-refractivity contribution in [2.45, 2.75) is 26.9 Å². The van der Waals surface area contributed by atoms with Gasteiger partial charge in [-0.25, -0.2) is 0 Å². The van der Waals surface area contributed by atoms with E-state index in [1.165, 1.54) is 0 Å². The molecule has 6 nitrogen and oxygen atoms in total. The molecule has 2 aromatic rings. The highest BCUT2D eigenvalue weighted by Gasteiger charge is 2.11. The molecule has 0 atom stereocenters. The fraction of sp³-hybridized carbons (Fsp3) is 0.385. The molecule has 100 valence electrons. The van der Waals surface area contributed by atoms with E-state index in [-0.39, 0.29) is 6.10 Å². The summed E-state index contributed by atoms with van der Waals surface area (Å²) in [6, 6.07) is 2.23. The number of hydrogen-bond donors (Lipinski definition) is 1. The third-order valence-corrected chi connectivity index (χ3v) is 2.46. The minimum absolute atomic E-state index is 0.00921. The highest BCUT2D eigenvalue weighted by molar-refractivity contribution is 5.59. The van der Waals surface area contributed by atoms with Crippen LogP contribution in [-0.4, -0.2) is 33.1 Å². The zero-order valence-electron chi connectivity index (χ0n) is 11.5. The fourth-order valence-electron chi connectivity index (χ4n) is 1.55. The highest BCUT2D eigenvalue weighted by Crippen LogP contribution is 2.21. The second-order valence-corrected chi connectivity index (χ2v) is 4.37. The Bertz CT molecular complexity index is 571. The van der Waals surface area contributed by atoms with Gasteiger partial charge in [-0.15, -0.1) is 0 Å². The molecule has 0 saturated carbocycles. The topological polar surface area (TPSA) is 72.8 Å². The molecule has 0 aromatic carbocycles. The van der Waals surface area contributed by atoms with Crippen LogP contribution in [0.3, 0.4) is 0 Å². The van der Waals surface area contributed by atoms with Gasteiger partial charge in [0.1, 0.15) is 0 Å². The van der Waals surface area contributed by atoms with Crippen LogP contribution < -0.4 is 10.1 Å². The monoisotopic (exact) mass is 259 g/mol. The minimum Gasteiger partial charge on any atom is -0.461 e. The van der Waals surface area contributed by atoms with Gasteiger partial charge < -0.3 is 10.1 Å². The van der Waals surface area contributed by atoms with Crippen LogP contribution in [0.1, 0.15) is 19.4 Å². The van der Waals surface area contributed by atoms with Gasteiger partial charge in [0.15, 0.2) is 5.82 Å². The van der Waals surface area contributed by atoms with E-state index in [0.717, 1.165) is 11.1 Å². The van der Waals surface area contributed by atoms with Crippen LogP contribution in [0.2, 0.25) is 0 Å². The summed E-state index contributed by atoms with van der Waals surface area (Å²) in [4.78, 5) is 16.9. The minimum atomic E-state index is 0.00921. The van der Waals surface area contributed by atoms with Crippen LogP contribution in [0.5, 0.6) is 6.01 Å². The molecule has 0 bridgehead atoms. The smallest absolute Gasteiger partial charge is 0.322 e. The van der Waals surface area contributed by atoms with Crippen LogP contribution in [-0.2, 0) is 0 Å². The lowest BCUT2D eigenvalue weighted by molar-refractivity contribution is 0.222. The average molecular weight is 259 g/mol. The number of anilines is 1. The molecule has 0 unspecified atom stereocenters. The second kappa shape index (κ2) is 5.60. The van der Waals surface area contributed by atoms with Crippen LogP contribution >= 0.6 is 0 Å². The summed E-state index contributed by atoms with van der Waals surface area (Å²) < 4.78 is 5.54. The van der Waals surface area contributed by atoms with Crippen molar-refractivity contribution in [1.82, 2.24) is 19.9 Å². The number of aromatic nitrogens is 4. The number of ether oxygens (including phenoxy) is 1. The molecule has 0 aliphatic carbocycles. The Labute approximate surface area is 112 Å². The molecule has 0 saturated heterocycles. The number of hydrogen-bond acceptors (Lipinski definition) is 6. The van der Waals surface area contributed by atoms with Gasteiger partial charge in [0, 0.05) is 25.0 Å². The maximum absolute atomic E-state index is 5.54. The molecule has 19 heavy (non-hydrogen) atoms. The lowest BCUT2D eigenvalue weighted by Gasteiger charge is -2.11. The first-order chi connectivity index (χ1) is 9.10. The maximum Gasteiger partial charge on any atom is 0.322 e. The fourth-order valence-corrected chi connectivity index (χ4v) is 1.55. The Hall–Kier alpha value is -2.24. The van der Waals surface area contributed by atoms with E-state index in [9.17, 15) is 0 Å². The summed E-state index contributed by atoms with van der Waals surface area (Å²) >= 11 is 0. The van der Waals surface area contributed by atoms with Crippen molar-refractivity contribution in [3.8, 4) is 17.4 Å². The molecule has 6 heteroatoms. The Balaban J connectivity index is 2.48. The summed E-state index contributed by atoms with van der Waals surface area (Å²) in [5.74, 6) is 1.03. The van der Waals surface area contributed by atoms with Crippen LogP contribution in [0, 0.1) is 6.92 Å². The molecular formula is C13H17N5O. The Morgan fingerprint density at radius 2 is 2.00 bits per heavy atom. The molecule has 0 radical (unpaired) electrons. The maximum atomic E-state index is 5.54. The van der Waals surface area contributed by atoms with Gasteiger partial charge in [0.25, 0.3) is 0 Å². The predicted molar refractivity (Wildman–Crippen MR) is 73.1 cm³/mol. The molecule has 1 N–H and O–H groups in total. The van der Waals surface area contributed by atoms with E-state index in [2.05, 4.69) is 25.3 Å². The first-order valence-corrected chi connectivity index (χ1v) is 6.11. The van der Waals surface area contributed by atoms with E-state index in [1.807, 2.05) is 26.8 Å².